The van der Waals surface area contributed by atoms with Crippen molar-refractivity contribution < 1.29 is 0 Å². The SMILES string of the molecule is CCCCCCc1ccc(-c2ccc(-c3cccc(-c4cc(-c5ccc(-c6ccc(CCCCCC)s6)s5)ccn4)c3)s2)s1. The fraction of sp³-hybridized carbons (Fsp3) is 0.308. The van der Waals surface area contributed by atoms with Gasteiger partial charge in [-0.25, -0.2) is 0 Å². The van der Waals surface area contributed by atoms with Crippen molar-refractivity contribution in [2.75, 3.05) is 0 Å². The molecule has 0 fully saturated rings. The largest absolute Gasteiger partial charge is 0.256 e. The van der Waals surface area contributed by atoms with Gasteiger partial charge in [-0.05, 0) is 104 Å². The van der Waals surface area contributed by atoms with Crippen LogP contribution in [0.15, 0.2) is 91.1 Å². The van der Waals surface area contributed by atoms with Crippen molar-refractivity contribution in [2.24, 2.45) is 0 Å². The number of hydrogen-bond donors (Lipinski definition) is 0. The molecule has 0 amide bonds. The van der Waals surface area contributed by atoms with E-state index in [2.05, 4.69) is 98.8 Å². The lowest BCUT2D eigenvalue weighted by Gasteiger charge is -2.06. The minimum absolute atomic E-state index is 1.02. The second-order valence-electron chi connectivity index (χ2n) is 11.5. The number of aryl methyl sites for hydroxylation is 2. The zero-order chi connectivity index (χ0) is 30.1. The summed E-state index contributed by atoms with van der Waals surface area (Å²) in [5, 5.41) is 0. The van der Waals surface area contributed by atoms with Crippen LogP contribution in [0.1, 0.15) is 75.0 Å². The Morgan fingerprint density at radius 1 is 0.455 bits per heavy atom. The molecule has 0 aliphatic heterocycles. The first-order valence-electron chi connectivity index (χ1n) is 16.1. The zero-order valence-electron chi connectivity index (χ0n) is 25.8. The summed E-state index contributed by atoms with van der Waals surface area (Å²) < 4.78 is 0. The summed E-state index contributed by atoms with van der Waals surface area (Å²) in [5.74, 6) is 0. The van der Waals surface area contributed by atoms with Crippen molar-refractivity contribution in [2.45, 2.75) is 78.1 Å². The molecule has 5 heteroatoms. The maximum Gasteiger partial charge on any atom is 0.0708 e. The Balaban J connectivity index is 1.14. The normalized spacial score (nSPS) is 11.4. The Bertz CT molecular complexity index is 1630. The zero-order valence-corrected chi connectivity index (χ0v) is 29.1. The third-order valence-corrected chi connectivity index (χ3v) is 13.0. The maximum absolute atomic E-state index is 4.78. The van der Waals surface area contributed by atoms with Crippen LogP contribution in [0.4, 0.5) is 0 Å². The fourth-order valence-corrected chi connectivity index (χ4v) is 9.85. The van der Waals surface area contributed by atoms with Gasteiger partial charge in [-0.1, -0.05) is 70.6 Å². The molecule has 0 unspecified atom stereocenters. The van der Waals surface area contributed by atoms with Crippen LogP contribution in [0.3, 0.4) is 0 Å². The van der Waals surface area contributed by atoms with Crippen LogP contribution in [0.25, 0.3) is 51.6 Å². The van der Waals surface area contributed by atoms with Gasteiger partial charge in [-0.2, -0.15) is 0 Å². The third-order valence-electron chi connectivity index (χ3n) is 8.06. The molecule has 6 aromatic rings. The van der Waals surface area contributed by atoms with Crippen LogP contribution in [0, 0.1) is 0 Å². The van der Waals surface area contributed by atoms with E-state index in [-0.39, 0.29) is 0 Å². The lowest BCUT2D eigenvalue weighted by atomic mass is 10.0. The Morgan fingerprint density at radius 3 is 1.55 bits per heavy atom. The van der Waals surface area contributed by atoms with Crippen molar-refractivity contribution in [3.63, 3.8) is 0 Å². The summed E-state index contributed by atoms with van der Waals surface area (Å²) in [4.78, 5) is 15.9. The summed E-state index contributed by atoms with van der Waals surface area (Å²) in [6.07, 6.45) is 14.9. The highest BCUT2D eigenvalue weighted by molar-refractivity contribution is 7.24. The van der Waals surface area contributed by atoms with Crippen molar-refractivity contribution >= 4 is 45.3 Å². The minimum Gasteiger partial charge on any atom is -0.256 e. The van der Waals surface area contributed by atoms with Gasteiger partial charge in [0.05, 0.1) is 5.69 Å². The van der Waals surface area contributed by atoms with Crippen LogP contribution in [-0.4, -0.2) is 4.98 Å². The average Bonchev–Trinajstić information content (AvgIpc) is 3.89. The summed E-state index contributed by atoms with van der Waals surface area (Å²) in [5.41, 5.74) is 4.67. The molecule has 226 valence electrons. The molecule has 5 heterocycles. The standard InChI is InChI=1S/C39H41NS4/c1-3-5-7-9-14-31-16-18-36(41-31)38-22-20-34(43-38)29-13-11-12-28(26-29)33-27-30(24-25-40-33)35-21-23-39(44-35)37-19-17-32(42-37)15-10-8-6-4-2/h11-13,16-27H,3-10,14-15H2,1-2H3. The molecule has 0 spiro atoms. The number of pyridine rings is 1. The molecule has 44 heavy (non-hydrogen) atoms. The van der Waals surface area contributed by atoms with Crippen molar-refractivity contribution in [1.29, 1.82) is 0 Å². The van der Waals surface area contributed by atoms with E-state index >= 15 is 0 Å². The van der Waals surface area contributed by atoms with E-state index in [1.807, 2.05) is 51.5 Å². The summed E-state index contributed by atoms with van der Waals surface area (Å²) in [6.45, 7) is 4.55. The first-order valence-corrected chi connectivity index (χ1v) is 19.4. The lowest BCUT2D eigenvalue weighted by Crippen LogP contribution is -1.85. The number of hydrogen-bond acceptors (Lipinski definition) is 5. The fourth-order valence-electron chi connectivity index (χ4n) is 5.57. The van der Waals surface area contributed by atoms with Crippen LogP contribution in [0.2, 0.25) is 0 Å². The van der Waals surface area contributed by atoms with Gasteiger partial charge in [0.1, 0.15) is 0 Å². The van der Waals surface area contributed by atoms with E-state index in [0.717, 1.165) is 11.3 Å². The predicted octanol–water partition coefficient (Wildman–Crippen LogP) is 13.9. The highest BCUT2D eigenvalue weighted by Gasteiger charge is 2.12. The summed E-state index contributed by atoms with van der Waals surface area (Å²) in [6, 6.07) is 31.6. The van der Waals surface area contributed by atoms with Gasteiger partial charge >= 0.3 is 0 Å². The number of nitrogens with zero attached hydrogens (tertiary/aromatic N) is 1. The van der Waals surface area contributed by atoms with Gasteiger partial charge in [0.15, 0.2) is 0 Å². The van der Waals surface area contributed by atoms with Crippen LogP contribution >= 0.6 is 45.3 Å². The molecule has 1 aromatic carbocycles. The van der Waals surface area contributed by atoms with Crippen molar-refractivity contribution in [3.8, 4) is 51.6 Å². The van der Waals surface area contributed by atoms with Crippen molar-refractivity contribution in [1.82, 2.24) is 4.98 Å². The number of thiophene rings is 4. The minimum atomic E-state index is 1.02. The van der Waals surface area contributed by atoms with Gasteiger partial charge in [0, 0.05) is 50.8 Å². The quantitative estimate of drug-likeness (QED) is 0.101. The third kappa shape index (κ3) is 7.87. The molecular weight excluding hydrogens is 611 g/mol. The van der Waals surface area contributed by atoms with E-state index in [4.69, 9.17) is 4.98 Å². The highest BCUT2D eigenvalue weighted by Crippen LogP contribution is 2.41. The first kappa shape index (κ1) is 31.2. The van der Waals surface area contributed by atoms with E-state index < -0.39 is 0 Å². The maximum atomic E-state index is 4.78. The topological polar surface area (TPSA) is 12.9 Å². The molecule has 6 rings (SSSR count). The van der Waals surface area contributed by atoms with E-state index in [0.29, 0.717) is 0 Å². The van der Waals surface area contributed by atoms with Crippen LogP contribution in [-0.2, 0) is 12.8 Å². The summed E-state index contributed by atoms with van der Waals surface area (Å²) >= 11 is 7.69. The Hall–Kier alpha value is -2.83. The Kier molecular flexibility index (Phi) is 10.9. The monoisotopic (exact) mass is 651 g/mol. The molecule has 0 atom stereocenters. The molecule has 5 aromatic heterocycles. The molecular formula is C39H41NS4. The molecule has 0 aliphatic carbocycles. The summed E-state index contributed by atoms with van der Waals surface area (Å²) in [7, 11) is 0. The average molecular weight is 652 g/mol. The van der Waals surface area contributed by atoms with Crippen molar-refractivity contribution in [3.05, 3.63) is 101 Å². The molecule has 0 aliphatic rings. The van der Waals surface area contributed by atoms with Gasteiger partial charge in [0.2, 0.25) is 0 Å². The van der Waals surface area contributed by atoms with Gasteiger partial charge in [-0.3, -0.25) is 4.98 Å². The molecule has 1 nitrogen and oxygen atoms in total. The highest BCUT2D eigenvalue weighted by atomic mass is 32.1. The second-order valence-corrected chi connectivity index (χ2v) is 16.0. The first-order chi connectivity index (χ1) is 21.7. The molecule has 0 N–H and O–H groups in total. The molecule has 0 saturated heterocycles. The number of aromatic nitrogens is 1. The number of rotatable bonds is 15. The number of unbranched alkanes of at least 4 members (excludes halogenated alkanes) is 6. The van der Waals surface area contributed by atoms with Gasteiger partial charge in [-0.15, -0.1) is 45.3 Å². The number of benzene rings is 1. The van der Waals surface area contributed by atoms with E-state index in [1.165, 1.54) is 114 Å². The Labute approximate surface area is 279 Å². The van der Waals surface area contributed by atoms with Crippen LogP contribution in [0.5, 0.6) is 0 Å². The molecule has 0 saturated carbocycles. The van der Waals surface area contributed by atoms with Crippen LogP contribution < -0.4 is 0 Å². The Morgan fingerprint density at radius 2 is 0.955 bits per heavy atom. The predicted molar refractivity (Wildman–Crippen MR) is 199 cm³/mol. The lowest BCUT2D eigenvalue weighted by molar-refractivity contribution is 0.670. The van der Waals surface area contributed by atoms with Gasteiger partial charge in [0.25, 0.3) is 0 Å². The van der Waals surface area contributed by atoms with Gasteiger partial charge < -0.3 is 0 Å². The van der Waals surface area contributed by atoms with E-state index in [9.17, 15) is 0 Å². The smallest absolute Gasteiger partial charge is 0.0708 e. The molecule has 0 bridgehead atoms. The molecule has 0 radical (unpaired) electrons. The van der Waals surface area contributed by atoms with E-state index in [1.54, 1.807) is 0 Å². The second kappa shape index (κ2) is 15.4.